The number of hydrogen-bond acceptors (Lipinski definition) is 5. The van der Waals surface area contributed by atoms with Gasteiger partial charge in [0.15, 0.2) is 5.69 Å². The van der Waals surface area contributed by atoms with Crippen molar-refractivity contribution in [3.05, 3.63) is 76.8 Å². The number of aromatic nitrogens is 5. The zero-order valence-electron chi connectivity index (χ0n) is 13.4. The summed E-state index contributed by atoms with van der Waals surface area (Å²) in [7, 11) is 0. The van der Waals surface area contributed by atoms with E-state index in [2.05, 4.69) is 20.5 Å². The quantitative estimate of drug-likeness (QED) is 0.558. The van der Waals surface area contributed by atoms with Crippen LogP contribution in [0.1, 0.15) is 17.1 Å². The van der Waals surface area contributed by atoms with Gasteiger partial charge in [-0.1, -0.05) is 53.2 Å². The van der Waals surface area contributed by atoms with Gasteiger partial charge in [-0.05, 0) is 30.7 Å². The maximum atomic E-state index is 6.05. The Morgan fingerprint density at radius 2 is 1.84 bits per heavy atom. The highest BCUT2D eigenvalue weighted by atomic mass is 35.5. The van der Waals surface area contributed by atoms with Crippen molar-refractivity contribution in [1.82, 2.24) is 25.2 Å². The van der Waals surface area contributed by atoms with Gasteiger partial charge in [0.2, 0.25) is 5.89 Å². The van der Waals surface area contributed by atoms with Crippen LogP contribution in [0.15, 0.2) is 59.0 Å². The summed E-state index contributed by atoms with van der Waals surface area (Å²) in [5, 5.41) is 17.2. The first-order chi connectivity index (χ1) is 12.2. The maximum absolute atomic E-state index is 6.05. The number of halogens is 1. The van der Waals surface area contributed by atoms with E-state index in [0.717, 1.165) is 16.9 Å². The fraction of sp³-hybridized carbons (Fsp3) is 0.111. The molecule has 0 bridgehead atoms. The van der Waals surface area contributed by atoms with Crippen molar-refractivity contribution in [1.29, 1.82) is 0 Å². The van der Waals surface area contributed by atoms with Crippen LogP contribution in [-0.2, 0) is 6.42 Å². The average Bonchev–Trinajstić information content (AvgIpc) is 3.22. The summed E-state index contributed by atoms with van der Waals surface area (Å²) < 4.78 is 7.46. The van der Waals surface area contributed by atoms with Gasteiger partial charge < -0.3 is 4.42 Å². The lowest BCUT2D eigenvalue weighted by Gasteiger charge is -2.03. The molecule has 0 radical (unpaired) electrons. The van der Waals surface area contributed by atoms with E-state index in [0.29, 0.717) is 28.9 Å². The molecule has 0 N–H and O–H groups in total. The Hall–Kier alpha value is -2.99. The van der Waals surface area contributed by atoms with E-state index in [4.69, 9.17) is 16.0 Å². The normalized spacial score (nSPS) is 11.0. The summed E-state index contributed by atoms with van der Waals surface area (Å²) >= 11 is 6.05. The topological polar surface area (TPSA) is 69.6 Å². The van der Waals surface area contributed by atoms with Crippen LogP contribution in [0, 0.1) is 6.92 Å². The zero-order chi connectivity index (χ0) is 17.2. The third kappa shape index (κ3) is 3.16. The Bertz CT molecular complexity index is 1010. The third-order valence-corrected chi connectivity index (χ3v) is 4.05. The fourth-order valence-electron chi connectivity index (χ4n) is 2.57. The fourth-order valence-corrected chi connectivity index (χ4v) is 2.76. The van der Waals surface area contributed by atoms with Crippen LogP contribution in [0.5, 0.6) is 0 Å². The van der Waals surface area contributed by atoms with Crippen molar-refractivity contribution < 1.29 is 4.42 Å². The van der Waals surface area contributed by atoms with Gasteiger partial charge in [0.25, 0.3) is 5.89 Å². The number of benzene rings is 2. The second kappa shape index (κ2) is 6.49. The Kier molecular flexibility index (Phi) is 4.03. The molecule has 0 unspecified atom stereocenters. The van der Waals surface area contributed by atoms with Crippen molar-refractivity contribution >= 4 is 11.6 Å². The number of nitrogens with zero attached hydrogens (tertiary/aromatic N) is 5. The summed E-state index contributed by atoms with van der Waals surface area (Å²) in [5.41, 5.74) is 3.30. The smallest absolute Gasteiger partial charge is 0.270 e. The first-order valence-corrected chi connectivity index (χ1v) is 8.13. The Balaban J connectivity index is 1.63. The molecule has 0 amide bonds. The molecule has 0 atom stereocenters. The standard InChI is InChI=1S/C18H14ClN5O/c1-12-17(21-23-24(12)15-9-5-8-14(19)11-15)18-22-20-16(25-18)10-13-6-3-2-4-7-13/h2-9,11H,10H2,1H3. The van der Waals surface area contributed by atoms with Gasteiger partial charge in [-0.15, -0.1) is 15.3 Å². The molecule has 0 aliphatic rings. The van der Waals surface area contributed by atoms with E-state index in [9.17, 15) is 0 Å². The predicted octanol–water partition coefficient (Wildman–Crippen LogP) is 3.87. The lowest BCUT2D eigenvalue weighted by Crippen LogP contribution is -1.98. The molecule has 2 heterocycles. The van der Waals surface area contributed by atoms with Crippen molar-refractivity contribution in [2.45, 2.75) is 13.3 Å². The molecule has 6 nitrogen and oxygen atoms in total. The average molecular weight is 352 g/mol. The maximum Gasteiger partial charge on any atom is 0.270 e. The lowest BCUT2D eigenvalue weighted by molar-refractivity contribution is 0.516. The summed E-state index contributed by atoms with van der Waals surface area (Å²) in [4.78, 5) is 0. The van der Waals surface area contributed by atoms with E-state index in [-0.39, 0.29) is 0 Å². The van der Waals surface area contributed by atoms with E-state index >= 15 is 0 Å². The molecule has 2 aromatic heterocycles. The molecular weight excluding hydrogens is 338 g/mol. The molecule has 0 saturated carbocycles. The molecule has 0 spiro atoms. The van der Waals surface area contributed by atoms with Gasteiger partial charge in [-0.2, -0.15) is 0 Å². The molecule has 25 heavy (non-hydrogen) atoms. The summed E-state index contributed by atoms with van der Waals surface area (Å²) in [6.07, 6.45) is 0.579. The Morgan fingerprint density at radius 1 is 1.00 bits per heavy atom. The molecule has 0 fully saturated rings. The number of rotatable bonds is 4. The first-order valence-electron chi connectivity index (χ1n) is 7.75. The van der Waals surface area contributed by atoms with Crippen LogP contribution in [-0.4, -0.2) is 25.2 Å². The highest BCUT2D eigenvalue weighted by Gasteiger charge is 2.18. The van der Waals surface area contributed by atoms with Crippen LogP contribution >= 0.6 is 11.6 Å². The van der Waals surface area contributed by atoms with Gasteiger partial charge in [-0.25, -0.2) is 4.68 Å². The van der Waals surface area contributed by atoms with Crippen LogP contribution < -0.4 is 0 Å². The summed E-state index contributed by atoms with van der Waals surface area (Å²) in [6.45, 7) is 1.90. The molecular formula is C18H14ClN5O. The lowest BCUT2D eigenvalue weighted by atomic mass is 10.2. The highest BCUT2D eigenvalue weighted by molar-refractivity contribution is 6.30. The SMILES string of the molecule is Cc1c(-c2nnc(Cc3ccccc3)o2)nnn1-c1cccc(Cl)c1. The van der Waals surface area contributed by atoms with Crippen LogP contribution in [0.2, 0.25) is 5.02 Å². The highest BCUT2D eigenvalue weighted by Crippen LogP contribution is 2.23. The first kappa shape index (κ1) is 15.5. The largest absolute Gasteiger partial charge is 0.419 e. The van der Waals surface area contributed by atoms with E-state index in [1.807, 2.05) is 61.5 Å². The van der Waals surface area contributed by atoms with Crippen LogP contribution in [0.4, 0.5) is 0 Å². The van der Waals surface area contributed by atoms with Gasteiger partial charge in [0.1, 0.15) is 0 Å². The van der Waals surface area contributed by atoms with Crippen molar-refractivity contribution in [2.75, 3.05) is 0 Å². The zero-order valence-corrected chi connectivity index (χ0v) is 14.2. The van der Waals surface area contributed by atoms with E-state index in [1.165, 1.54) is 0 Å². The van der Waals surface area contributed by atoms with Crippen LogP contribution in [0.3, 0.4) is 0 Å². The molecule has 0 aliphatic heterocycles. The molecule has 124 valence electrons. The molecule has 4 aromatic rings. The molecule has 0 aliphatic carbocycles. The predicted molar refractivity (Wildman–Crippen MR) is 93.6 cm³/mol. The minimum atomic E-state index is 0.358. The minimum absolute atomic E-state index is 0.358. The van der Waals surface area contributed by atoms with Crippen molar-refractivity contribution in [2.24, 2.45) is 0 Å². The summed E-state index contributed by atoms with van der Waals surface area (Å²) in [6, 6.07) is 17.4. The molecule has 7 heteroatoms. The van der Waals surface area contributed by atoms with Gasteiger partial charge in [-0.3, -0.25) is 0 Å². The van der Waals surface area contributed by atoms with E-state index < -0.39 is 0 Å². The van der Waals surface area contributed by atoms with Crippen molar-refractivity contribution in [3.8, 4) is 17.3 Å². The third-order valence-electron chi connectivity index (χ3n) is 3.81. The Morgan fingerprint density at radius 3 is 2.64 bits per heavy atom. The number of hydrogen-bond donors (Lipinski definition) is 0. The van der Waals surface area contributed by atoms with Crippen molar-refractivity contribution in [3.63, 3.8) is 0 Å². The van der Waals surface area contributed by atoms with E-state index in [1.54, 1.807) is 4.68 Å². The Labute approximate surface area is 149 Å². The second-order valence-electron chi connectivity index (χ2n) is 5.58. The monoisotopic (exact) mass is 351 g/mol. The summed E-state index contributed by atoms with van der Waals surface area (Å²) in [5.74, 6) is 0.898. The molecule has 2 aromatic carbocycles. The molecule has 0 saturated heterocycles. The second-order valence-corrected chi connectivity index (χ2v) is 6.01. The van der Waals surface area contributed by atoms with Crippen LogP contribution in [0.25, 0.3) is 17.3 Å². The van der Waals surface area contributed by atoms with Gasteiger partial charge in [0, 0.05) is 5.02 Å². The minimum Gasteiger partial charge on any atom is -0.419 e. The molecule has 4 rings (SSSR count). The van der Waals surface area contributed by atoms with Gasteiger partial charge in [0.05, 0.1) is 17.8 Å². The van der Waals surface area contributed by atoms with Gasteiger partial charge >= 0.3 is 0 Å².